The Morgan fingerprint density at radius 1 is 1.10 bits per heavy atom. The van der Waals surface area contributed by atoms with E-state index in [1.54, 1.807) is 11.5 Å². The molecule has 0 radical (unpaired) electrons. The molecule has 158 valence electrons. The highest BCUT2D eigenvalue weighted by Crippen LogP contribution is 2.41. The van der Waals surface area contributed by atoms with Crippen LogP contribution in [0.1, 0.15) is 58.1 Å². The normalized spacial score (nSPS) is 37.6. The summed E-state index contributed by atoms with van der Waals surface area (Å²) >= 11 is 0. The predicted octanol–water partition coefficient (Wildman–Crippen LogP) is 1.79. The summed E-state index contributed by atoms with van der Waals surface area (Å²) in [4.78, 5) is 13.1. The maximum atomic E-state index is 10.3. The zero-order valence-electron chi connectivity index (χ0n) is 16.6. The van der Waals surface area contributed by atoms with Crippen molar-refractivity contribution in [1.82, 2.24) is 19.5 Å². The van der Waals surface area contributed by atoms with Crippen LogP contribution in [-0.4, -0.2) is 54.1 Å². The number of nitrogens with zero attached hydrogens (tertiary/aromatic N) is 4. The first kappa shape index (κ1) is 19.0. The van der Waals surface area contributed by atoms with Gasteiger partial charge in [-0.05, 0) is 38.0 Å². The summed E-state index contributed by atoms with van der Waals surface area (Å²) in [6.45, 7) is 1.71. The van der Waals surface area contributed by atoms with Gasteiger partial charge in [0.25, 0.3) is 0 Å². The zero-order chi connectivity index (χ0) is 20.1. The van der Waals surface area contributed by atoms with Crippen molar-refractivity contribution in [3.63, 3.8) is 0 Å². The van der Waals surface area contributed by atoms with Gasteiger partial charge in [0.05, 0.1) is 12.4 Å². The van der Waals surface area contributed by atoms with Crippen molar-refractivity contribution in [3.8, 4) is 6.01 Å². The Balaban J connectivity index is 1.39. The Morgan fingerprint density at radius 3 is 2.66 bits per heavy atom. The van der Waals surface area contributed by atoms with Gasteiger partial charge in [-0.25, -0.2) is 4.98 Å². The van der Waals surface area contributed by atoms with E-state index in [1.807, 2.05) is 0 Å². The molecule has 2 aliphatic carbocycles. The summed E-state index contributed by atoms with van der Waals surface area (Å²) in [5.41, 5.74) is 6.97. The molecule has 0 spiro atoms. The van der Waals surface area contributed by atoms with Crippen molar-refractivity contribution in [3.05, 3.63) is 6.33 Å². The van der Waals surface area contributed by atoms with Crippen molar-refractivity contribution in [2.75, 3.05) is 5.73 Å². The summed E-state index contributed by atoms with van der Waals surface area (Å²) in [5, 5.41) is 20.4. The Kier molecular flexibility index (Phi) is 4.84. The van der Waals surface area contributed by atoms with Crippen molar-refractivity contribution in [2.24, 2.45) is 11.8 Å². The Morgan fingerprint density at radius 2 is 1.90 bits per heavy atom. The largest absolute Gasteiger partial charge is 0.460 e. The topological polar surface area (TPSA) is 129 Å². The first-order valence-corrected chi connectivity index (χ1v) is 10.7. The molecular weight excluding hydrogens is 374 g/mol. The molecule has 0 bridgehead atoms. The van der Waals surface area contributed by atoms with Gasteiger partial charge in [0.15, 0.2) is 23.2 Å². The molecule has 3 heterocycles. The molecule has 29 heavy (non-hydrogen) atoms. The van der Waals surface area contributed by atoms with E-state index in [0.29, 0.717) is 11.2 Å². The highest BCUT2D eigenvalue weighted by molar-refractivity contribution is 5.82. The van der Waals surface area contributed by atoms with Gasteiger partial charge in [-0.15, -0.1) is 0 Å². The monoisotopic (exact) mass is 403 g/mol. The van der Waals surface area contributed by atoms with Crippen LogP contribution in [0.25, 0.3) is 11.2 Å². The molecular formula is C20H29N5O4. The smallest absolute Gasteiger partial charge is 0.320 e. The molecule has 1 aliphatic heterocycles. The fourth-order valence-electron chi connectivity index (χ4n) is 5.30. The minimum absolute atomic E-state index is 0.0951. The number of nitrogen functional groups attached to an aromatic ring is 1. The van der Waals surface area contributed by atoms with E-state index in [2.05, 4.69) is 15.0 Å². The number of ether oxygens (including phenoxy) is 2. The second-order valence-electron chi connectivity index (χ2n) is 8.79. The predicted molar refractivity (Wildman–Crippen MR) is 105 cm³/mol. The third-order valence-electron chi connectivity index (χ3n) is 6.94. The van der Waals surface area contributed by atoms with E-state index in [1.165, 1.54) is 38.4 Å². The summed E-state index contributed by atoms with van der Waals surface area (Å²) in [6, 6.07) is 0.233. The van der Waals surface area contributed by atoms with E-state index in [-0.39, 0.29) is 17.9 Å². The fraction of sp³-hybridized carbons (Fsp3) is 0.750. The fourth-order valence-corrected chi connectivity index (χ4v) is 5.30. The van der Waals surface area contributed by atoms with E-state index in [0.717, 1.165) is 24.7 Å². The molecule has 3 unspecified atom stereocenters. The Labute approximate surface area is 169 Å². The molecule has 9 heteroatoms. The van der Waals surface area contributed by atoms with Crippen LogP contribution in [0.3, 0.4) is 0 Å². The Hall–Kier alpha value is -1.97. The molecule has 3 fully saturated rings. The molecule has 2 aromatic heterocycles. The van der Waals surface area contributed by atoms with Gasteiger partial charge in [-0.1, -0.05) is 25.7 Å². The second kappa shape index (κ2) is 7.37. The lowest BCUT2D eigenvalue weighted by Crippen LogP contribution is -2.33. The van der Waals surface area contributed by atoms with Crippen molar-refractivity contribution in [1.29, 1.82) is 0 Å². The number of rotatable bonds is 3. The number of nitrogens with two attached hydrogens (primary N) is 1. The molecule has 0 aromatic carbocycles. The summed E-state index contributed by atoms with van der Waals surface area (Å²) < 4.78 is 13.5. The minimum Gasteiger partial charge on any atom is -0.460 e. The van der Waals surface area contributed by atoms with Gasteiger partial charge in [-0.2, -0.15) is 9.97 Å². The van der Waals surface area contributed by atoms with Crippen molar-refractivity contribution < 1.29 is 19.7 Å². The van der Waals surface area contributed by atoms with Gasteiger partial charge < -0.3 is 25.4 Å². The minimum atomic E-state index is -1.08. The number of hydrogen-bond donors (Lipinski definition) is 3. The lowest BCUT2D eigenvalue weighted by atomic mass is 9.70. The van der Waals surface area contributed by atoms with Crippen LogP contribution < -0.4 is 10.5 Å². The number of fused-ring (bicyclic) bond motifs is 2. The zero-order valence-corrected chi connectivity index (χ0v) is 16.6. The standard InChI is InChI=1S/C20H29N5O4/c1-10-15(26)16(27)19(28-10)25-9-22-14-17(21)23-20(24-18(14)25)29-13-7-6-11-4-2-3-5-12(11)8-13/h9-13,15-16,19,26-27H,2-8H2,1H3,(H2,21,23,24)/t10-,11?,12?,13?,15-,16-,19-/m1/s1. The molecule has 1 saturated heterocycles. The first-order chi connectivity index (χ1) is 14.0. The number of aliphatic hydroxyl groups is 2. The third-order valence-corrected chi connectivity index (χ3v) is 6.94. The van der Waals surface area contributed by atoms with Gasteiger partial charge in [0.2, 0.25) is 0 Å². The quantitative estimate of drug-likeness (QED) is 0.707. The maximum absolute atomic E-state index is 10.3. The van der Waals surface area contributed by atoms with E-state index >= 15 is 0 Å². The van der Waals surface area contributed by atoms with E-state index < -0.39 is 24.5 Å². The van der Waals surface area contributed by atoms with Crippen molar-refractivity contribution >= 4 is 17.0 Å². The van der Waals surface area contributed by atoms with Crippen LogP contribution in [0, 0.1) is 11.8 Å². The lowest BCUT2D eigenvalue weighted by molar-refractivity contribution is -0.0300. The highest BCUT2D eigenvalue weighted by Gasteiger charge is 2.42. The molecule has 2 saturated carbocycles. The first-order valence-electron chi connectivity index (χ1n) is 10.7. The second-order valence-corrected chi connectivity index (χ2v) is 8.79. The van der Waals surface area contributed by atoms with Gasteiger partial charge in [0, 0.05) is 0 Å². The highest BCUT2D eigenvalue weighted by atomic mass is 16.6. The van der Waals surface area contributed by atoms with Crippen LogP contribution in [-0.2, 0) is 4.74 Å². The van der Waals surface area contributed by atoms with Crippen LogP contribution in [0.15, 0.2) is 6.33 Å². The summed E-state index contributed by atoms with van der Waals surface area (Å²) in [5.74, 6) is 1.81. The summed E-state index contributed by atoms with van der Waals surface area (Å²) in [6.07, 6.45) is 6.82. The number of imidazole rings is 1. The molecule has 3 aliphatic rings. The van der Waals surface area contributed by atoms with Crippen LogP contribution in [0.2, 0.25) is 0 Å². The van der Waals surface area contributed by atoms with Crippen LogP contribution >= 0.6 is 0 Å². The molecule has 5 rings (SSSR count). The number of hydrogen-bond acceptors (Lipinski definition) is 8. The molecule has 4 N–H and O–H groups in total. The van der Waals surface area contributed by atoms with Crippen LogP contribution in [0.5, 0.6) is 6.01 Å². The number of anilines is 1. The average molecular weight is 403 g/mol. The van der Waals surface area contributed by atoms with E-state index in [9.17, 15) is 10.2 Å². The third kappa shape index (κ3) is 3.35. The van der Waals surface area contributed by atoms with Crippen LogP contribution in [0.4, 0.5) is 5.82 Å². The van der Waals surface area contributed by atoms with Gasteiger partial charge in [-0.3, -0.25) is 4.57 Å². The molecule has 2 aromatic rings. The molecule has 0 amide bonds. The van der Waals surface area contributed by atoms with Gasteiger partial charge >= 0.3 is 6.01 Å². The molecule has 7 atom stereocenters. The maximum Gasteiger partial charge on any atom is 0.320 e. The average Bonchev–Trinajstić information content (AvgIpc) is 3.24. The number of aromatic nitrogens is 4. The lowest BCUT2D eigenvalue weighted by Gasteiger charge is -2.38. The van der Waals surface area contributed by atoms with E-state index in [4.69, 9.17) is 15.2 Å². The Bertz CT molecular complexity index is 889. The van der Waals surface area contributed by atoms with Gasteiger partial charge in [0.1, 0.15) is 18.3 Å². The SMILES string of the molecule is C[C@H]1O[C@@H](n2cnc3c(N)nc(OC4CCC5CCCCC5C4)nc32)[C@H](O)[C@@H]1O. The summed E-state index contributed by atoms with van der Waals surface area (Å²) in [7, 11) is 0. The number of aliphatic hydroxyl groups excluding tert-OH is 2. The molecule has 9 nitrogen and oxygen atoms in total. The van der Waals surface area contributed by atoms with Crippen molar-refractivity contribution in [2.45, 2.75) is 82.5 Å².